The van der Waals surface area contributed by atoms with E-state index in [0.29, 0.717) is 5.41 Å². The molecule has 0 atom stereocenters. The largest absolute Gasteiger partial charge is 0.497 e. The van der Waals surface area contributed by atoms with Crippen molar-refractivity contribution < 1.29 is 14.0 Å². The second kappa shape index (κ2) is 7.42. The zero-order chi connectivity index (χ0) is 19.9. The minimum absolute atomic E-state index is 0.331. The van der Waals surface area contributed by atoms with Gasteiger partial charge < -0.3 is 14.0 Å². The highest BCUT2D eigenvalue weighted by Gasteiger charge is 2.52. The number of ether oxygens (including phenoxy) is 1. The van der Waals surface area contributed by atoms with Crippen molar-refractivity contribution in [2.75, 3.05) is 20.2 Å². The maximum Gasteiger partial charge on any atom is 0.495 e. The van der Waals surface area contributed by atoms with Crippen LogP contribution < -0.4 is 10.2 Å². The van der Waals surface area contributed by atoms with E-state index in [2.05, 4.69) is 58.6 Å². The summed E-state index contributed by atoms with van der Waals surface area (Å²) >= 11 is 0. The monoisotopic (exact) mass is 373 g/mol. The average molecular weight is 373 g/mol. The topological polar surface area (TPSA) is 30.9 Å². The molecule has 0 saturated carbocycles. The summed E-state index contributed by atoms with van der Waals surface area (Å²) in [6.45, 7) is 16.3. The molecule has 5 heteroatoms. The number of hydrogen-bond donors (Lipinski definition) is 0. The second-order valence-electron chi connectivity index (χ2n) is 9.32. The van der Waals surface area contributed by atoms with Crippen LogP contribution in [0.5, 0.6) is 5.75 Å². The molecule has 0 amide bonds. The van der Waals surface area contributed by atoms with Gasteiger partial charge in [-0.25, -0.2) is 0 Å². The fourth-order valence-corrected chi connectivity index (χ4v) is 4.28. The first-order valence-corrected chi connectivity index (χ1v) is 10.4. The Morgan fingerprint density at radius 1 is 1.07 bits per heavy atom. The molecule has 0 bridgehead atoms. The molecule has 2 heterocycles. The molecule has 4 nitrogen and oxygen atoms in total. The summed E-state index contributed by atoms with van der Waals surface area (Å²) in [5.74, 6) is 0.890. The fourth-order valence-electron chi connectivity index (χ4n) is 4.28. The number of rotatable bonds is 6. The minimum Gasteiger partial charge on any atom is -0.497 e. The summed E-state index contributed by atoms with van der Waals surface area (Å²) in [5, 5.41) is 0. The Balaban J connectivity index is 1.85. The van der Waals surface area contributed by atoms with Gasteiger partial charge in [-0.15, -0.1) is 0 Å². The lowest BCUT2D eigenvalue weighted by Crippen LogP contribution is -2.41. The number of nitrogens with zero attached hydrogens (tertiary/aromatic N) is 1. The summed E-state index contributed by atoms with van der Waals surface area (Å²) in [4.78, 5) is 2.58. The van der Waals surface area contributed by atoms with Gasteiger partial charge in [-0.1, -0.05) is 19.9 Å². The number of likely N-dealkylation sites (tertiary alicyclic amines) is 1. The Morgan fingerprint density at radius 3 is 2.22 bits per heavy atom. The van der Waals surface area contributed by atoms with Gasteiger partial charge in [-0.3, -0.25) is 4.90 Å². The SMILES string of the molecule is CCC1(CC)CCN(Cc2cc(OC)ccc2B2OC(C)(C)C(C)(C)O2)C1. The molecule has 2 aliphatic rings. The molecule has 2 fully saturated rings. The summed E-state index contributed by atoms with van der Waals surface area (Å²) in [6, 6.07) is 6.27. The van der Waals surface area contributed by atoms with Crippen LogP contribution in [0.4, 0.5) is 0 Å². The maximum absolute atomic E-state index is 6.33. The molecule has 0 N–H and O–H groups in total. The molecular formula is C22H36BNO3. The Labute approximate surface area is 165 Å². The van der Waals surface area contributed by atoms with Crippen molar-refractivity contribution >= 4 is 12.6 Å². The lowest BCUT2D eigenvalue weighted by atomic mass is 9.75. The highest BCUT2D eigenvalue weighted by Crippen LogP contribution is 2.39. The van der Waals surface area contributed by atoms with Gasteiger partial charge in [-0.2, -0.15) is 0 Å². The van der Waals surface area contributed by atoms with Crippen LogP contribution >= 0.6 is 0 Å². The Kier molecular flexibility index (Phi) is 5.68. The molecule has 150 valence electrons. The molecule has 0 unspecified atom stereocenters. The number of methoxy groups -OCH3 is 1. The highest BCUT2D eigenvalue weighted by molar-refractivity contribution is 6.62. The summed E-state index contributed by atoms with van der Waals surface area (Å²) in [5.41, 5.74) is 2.18. The molecule has 2 aliphatic heterocycles. The van der Waals surface area contributed by atoms with Crippen LogP contribution in [0, 0.1) is 5.41 Å². The Bertz CT molecular complexity index is 654. The first-order chi connectivity index (χ1) is 12.7. The van der Waals surface area contributed by atoms with E-state index in [9.17, 15) is 0 Å². The van der Waals surface area contributed by atoms with Crippen LogP contribution in [0.1, 0.15) is 66.4 Å². The van der Waals surface area contributed by atoms with E-state index in [0.717, 1.165) is 24.3 Å². The van der Waals surface area contributed by atoms with Crippen LogP contribution in [-0.4, -0.2) is 43.4 Å². The van der Waals surface area contributed by atoms with Crippen molar-refractivity contribution in [3.05, 3.63) is 23.8 Å². The average Bonchev–Trinajstić information content (AvgIpc) is 3.13. The molecular weight excluding hydrogens is 337 g/mol. The van der Waals surface area contributed by atoms with E-state index in [1.165, 1.54) is 31.4 Å². The van der Waals surface area contributed by atoms with Gasteiger partial charge in [0.05, 0.1) is 18.3 Å². The summed E-state index contributed by atoms with van der Waals surface area (Å²) in [7, 11) is 1.39. The zero-order valence-electron chi connectivity index (χ0n) is 18.2. The van der Waals surface area contributed by atoms with Gasteiger partial charge in [0.1, 0.15) is 5.75 Å². The third-order valence-electron chi connectivity index (χ3n) is 7.27. The van der Waals surface area contributed by atoms with Crippen LogP contribution in [0.25, 0.3) is 0 Å². The Morgan fingerprint density at radius 2 is 1.70 bits per heavy atom. The van der Waals surface area contributed by atoms with E-state index in [1.54, 1.807) is 7.11 Å². The normalized spacial score (nSPS) is 23.7. The quantitative estimate of drug-likeness (QED) is 0.705. The predicted molar refractivity (Wildman–Crippen MR) is 112 cm³/mol. The zero-order valence-corrected chi connectivity index (χ0v) is 18.2. The van der Waals surface area contributed by atoms with Gasteiger partial charge in [0.15, 0.2) is 0 Å². The molecule has 0 spiro atoms. The van der Waals surface area contributed by atoms with Crippen molar-refractivity contribution in [3.8, 4) is 5.75 Å². The third-order valence-corrected chi connectivity index (χ3v) is 7.27. The predicted octanol–water partition coefficient (Wildman–Crippen LogP) is 4.01. The van der Waals surface area contributed by atoms with E-state index in [1.807, 2.05) is 6.07 Å². The third kappa shape index (κ3) is 3.92. The smallest absolute Gasteiger partial charge is 0.495 e. The van der Waals surface area contributed by atoms with Crippen LogP contribution in [0.2, 0.25) is 0 Å². The second-order valence-corrected chi connectivity index (χ2v) is 9.32. The molecule has 0 aliphatic carbocycles. The van der Waals surface area contributed by atoms with E-state index < -0.39 is 0 Å². The van der Waals surface area contributed by atoms with Gasteiger partial charge in [0.2, 0.25) is 0 Å². The van der Waals surface area contributed by atoms with E-state index >= 15 is 0 Å². The van der Waals surface area contributed by atoms with Gasteiger partial charge in [0.25, 0.3) is 0 Å². The Hall–Kier alpha value is -1.04. The molecule has 0 aromatic heterocycles. The lowest BCUT2D eigenvalue weighted by molar-refractivity contribution is 0.00578. The molecule has 0 radical (unpaired) electrons. The molecule has 1 aromatic rings. The number of hydrogen-bond acceptors (Lipinski definition) is 4. The van der Waals surface area contributed by atoms with Crippen molar-refractivity contribution in [3.63, 3.8) is 0 Å². The van der Waals surface area contributed by atoms with Gasteiger partial charge in [0, 0.05) is 13.1 Å². The molecule has 2 saturated heterocycles. The van der Waals surface area contributed by atoms with Crippen molar-refractivity contribution in [2.24, 2.45) is 5.41 Å². The fraction of sp³-hybridized carbons (Fsp3) is 0.727. The van der Waals surface area contributed by atoms with E-state index in [-0.39, 0.29) is 18.3 Å². The van der Waals surface area contributed by atoms with Crippen LogP contribution in [-0.2, 0) is 15.9 Å². The van der Waals surface area contributed by atoms with Gasteiger partial charge >= 0.3 is 7.12 Å². The van der Waals surface area contributed by atoms with Crippen molar-refractivity contribution in [2.45, 2.75) is 78.6 Å². The molecule has 27 heavy (non-hydrogen) atoms. The maximum atomic E-state index is 6.33. The van der Waals surface area contributed by atoms with Crippen LogP contribution in [0.3, 0.4) is 0 Å². The minimum atomic E-state index is -0.333. The van der Waals surface area contributed by atoms with E-state index in [4.69, 9.17) is 14.0 Å². The standard InChI is InChI=1S/C22H36BNO3/c1-8-22(9-2)12-13-24(16-22)15-17-14-18(25-7)10-11-19(17)23-26-20(3,4)21(5,6)27-23/h10-11,14H,8-9,12-13,15-16H2,1-7H3. The van der Waals surface area contributed by atoms with Crippen LogP contribution in [0.15, 0.2) is 18.2 Å². The lowest BCUT2D eigenvalue weighted by Gasteiger charge is -2.32. The first kappa shape index (κ1) is 20.7. The van der Waals surface area contributed by atoms with Crippen molar-refractivity contribution in [1.29, 1.82) is 0 Å². The number of benzene rings is 1. The summed E-state index contributed by atoms with van der Waals surface area (Å²) in [6.07, 6.45) is 3.79. The first-order valence-electron chi connectivity index (χ1n) is 10.4. The van der Waals surface area contributed by atoms with Gasteiger partial charge in [-0.05, 0) is 82.1 Å². The van der Waals surface area contributed by atoms with Crippen molar-refractivity contribution in [1.82, 2.24) is 4.90 Å². The molecule has 3 rings (SSSR count). The summed E-state index contributed by atoms with van der Waals surface area (Å²) < 4.78 is 18.2. The highest BCUT2D eigenvalue weighted by atomic mass is 16.7. The molecule has 1 aromatic carbocycles.